The van der Waals surface area contributed by atoms with Gasteiger partial charge in [0.05, 0.1) is 13.2 Å². The van der Waals surface area contributed by atoms with Crippen molar-refractivity contribution in [1.29, 1.82) is 5.26 Å². The first kappa shape index (κ1) is 20.5. The van der Waals surface area contributed by atoms with E-state index < -0.39 is 0 Å². The first-order valence-corrected chi connectivity index (χ1v) is 10.0. The topological polar surface area (TPSA) is 74.1 Å². The van der Waals surface area contributed by atoms with E-state index in [1.54, 1.807) is 7.11 Å². The number of para-hydroxylation sites is 1. The number of aryl methyl sites for hydroxylation is 2. The van der Waals surface area contributed by atoms with Gasteiger partial charge in [0.1, 0.15) is 17.4 Å². The van der Waals surface area contributed by atoms with Gasteiger partial charge in [-0.25, -0.2) is 0 Å². The van der Waals surface area contributed by atoms with Crippen LogP contribution < -0.4 is 15.4 Å². The van der Waals surface area contributed by atoms with Crippen LogP contribution in [0.25, 0.3) is 0 Å². The number of methoxy groups -OCH3 is 1. The lowest BCUT2D eigenvalue weighted by Crippen LogP contribution is -2.28. The summed E-state index contributed by atoms with van der Waals surface area (Å²) < 4.78 is 5.31. The number of carbonyl (C=O) groups excluding carboxylic acids is 1. The van der Waals surface area contributed by atoms with E-state index in [0.29, 0.717) is 6.54 Å². The molecule has 2 aromatic carbocycles. The molecule has 0 aromatic heterocycles. The molecule has 0 spiro atoms. The van der Waals surface area contributed by atoms with Gasteiger partial charge < -0.3 is 15.4 Å². The first-order chi connectivity index (χ1) is 14.1. The van der Waals surface area contributed by atoms with Crippen molar-refractivity contribution < 1.29 is 9.53 Å². The fraction of sp³-hybridized carbons (Fsp3) is 0.333. The summed E-state index contributed by atoms with van der Waals surface area (Å²) in [6.07, 6.45) is 6.16. The highest BCUT2D eigenvalue weighted by Crippen LogP contribution is 2.25. The van der Waals surface area contributed by atoms with Crippen LogP contribution in [0, 0.1) is 11.3 Å². The van der Waals surface area contributed by atoms with Crippen molar-refractivity contribution in [3.63, 3.8) is 0 Å². The van der Waals surface area contributed by atoms with Crippen molar-refractivity contribution in [3.8, 4) is 11.8 Å². The van der Waals surface area contributed by atoms with Gasteiger partial charge in [-0.2, -0.15) is 5.26 Å². The predicted molar refractivity (Wildman–Crippen MR) is 113 cm³/mol. The van der Waals surface area contributed by atoms with Crippen molar-refractivity contribution in [1.82, 2.24) is 10.6 Å². The van der Waals surface area contributed by atoms with Crippen LogP contribution in [0.5, 0.6) is 5.75 Å². The maximum absolute atomic E-state index is 12.5. The van der Waals surface area contributed by atoms with Gasteiger partial charge in [-0.15, -0.1) is 0 Å². The Bertz CT molecular complexity index is 943. The molecule has 0 aliphatic heterocycles. The smallest absolute Gasteiger partial charge is 0.263 e. The maximum Gasteiger partial charge on any atom is 0.263 e. The van der Waals surface area contributed by atoms with Gasteiger partial charge in [0.15, 0.2) is 0 Å². The summed E-state index contributed by atoms with van der Waals surface area (Å²) in [6.45, 7) is 2.41. The Morgan fingerprint density at radius 3 is 2.72 bits per heavy atom. The number of ether oxygens (including phenoxy) is 1. The fourth-order valence-electron chi connectivity index (χ4n) is 3.64. The monoisotopic (exact) mass is 389 g/mol. The van der Waals surface area contributed by atoms with Crippen LogP contribution in [0.2, 0.25) is 0 Å². The van der Waals surface area contributed by atoms with E-state index in [9.17, 15) is 10.1 Å². The number of benzene rings is 2. The van der Waals surface area contributed by atoms with E-state index in [1.807, 2.05) is 37.3 Å². The number of nitriles is 1. The molecular weight excluding hydrogens is 362 g/mol. The van der Waals surface area contributed by atoms with E-state index in [4.69, 9.17) is 4.74 Å². The number of rotatable bonds is 7. The van der Waals surface area contributed by atoms with E-state index in [2.05, 4.69) is 28.8 Å². The molecule has 5 nitrogen and oxygen atoms in total. The third kappa shape index (κ3) is 5.17. The molecule has 29 heavy (non-hydrogen) atoms. The molecule has 1 atom stereocenters. The Morgan fingerprint density at radius 1 is 1.21 bits per heavy atom. The van der Waals surface area contributed by atoms with Gasteiger partial charge >= 0.3 is 0 Å². The molecule has 0 saturated heterocycles. The van der Waals surface area contributed by atoms with Gasteiger partial charge in [0.2, 0.25) is 0 Å². The van der Waals surface area contributed by atoms with Gasteiger partial charge in [-0.3, -0.25) is 4.79 Å². The summed E-state index contributed by atoms with van der Waals surface area (Å²) in [5.41, 5.74) is 4.86. The zero-order chi connectivity index (χ0) is 20.6. The SMILES string of the molecule is COc1ccccc1CN/C=C(/C#N)C(=O)NC(C)c1ccc2c(c1)CCCC2. The second-order valence-corrected chi connectivity index (χ2v) is 7.29. The minimum atomic E-state index is -0.384. The number of carbonyl (C=O) groups is 1. The fourth-order valence-corrected chi connectivity index (χ4v) is 3.64. The predicted octanol–water partition coefficient (Wildman–Crippen LogP) is 3.95. The summed E-state index contributed by atoms with van der Waals surface area (Å²) >= 11 is 0. The molecule has 3 rings (SSSR count). The summed E-state index contributed by atoms with van der Waals surface area (Å²) in [6, 6.07) is 15.9. The normalized spacial score (nSPS) is 14.3. The van der Waals surface area contributed by atoms with Crippen LogP contribution in [-0.2, 0) is 24.2 Å². The van der Waals surface area contributed by atoms with Crippen LogP contribution >= 0.6 is 0 Å². The molecule has 1 aliphatic carbocycles. The Labute approximate surface area is 172 Å². The molecule has 0 radical (unpaired) electrons. The van der Waals surface area contributed by atoms with E-state index in [-0.39, 0.29) is 17.5 Å². The third-order valence-corrected chi connectivity index (χ3v) is 5.32. The highest BCUT2D eigenvalue weighted by atomic mass is 16.5. The van der Waals surface area contributed by atoms with Crippen molar-refractivity contribution in [3.05, 3.63) is 76.5 Å². The molecule has 150 valence electrons. The van der Waals surface area contributed by atoms with Crippen LogP contribution in [0.15, 0.2) is 54.2 Å². The summed E-state index contributed by atoms with van der Waals surface area (Å²) in [5, 5.41) is 15.4. The Balaban J connectivity index is 1.62. The zero-order valence-electron chi connectivity index (χ0n) is 17.0. The van der Waals surface area contributed by atoms with Crippen LogP contribution in [-0.4, -0.2) is 13.0 Å². The maximum atomic E-state index is 12.5. The zero-order valence-corrected chi connectivity index (χ0v) is 17.0. The molecule has 1 aliphatic rings. The average Bonchev–Trinajstić information content (AvgIpc) is 2.76. The Kier molecular flexibility index (Phi) is 6.91. The highest BCUT2D eigenvalue weighted by molar-refractivity contribution is 5.97. The largest absolute Gasteiger partial charge is 0.496 e. The second-order valence-electron chi connectivity index (χ2n) is 7.29. The van der Waals surface area contributed by atoms with E-state index >= 15 is 0 Å². The van der Waals surface area contributed by atoms with E-state index in [1.165, 1.54) is 30.2 Å². The Morgan fingerprint density at radius 2 is 1.97 bits per heavy atom. The Hall–Kier alpha value is -3.26. The van der Waals surface area contributed by atoms with Gasteiger partial charge in [-0.05, 0) is 55.4 Å². The summed E-state index contributed by atoms with van der Waals surface area (Å²) in [4.78, 5) is 12.5. The number of nitrogens with zero attached hydrogens (tertiary/aromatic N) is 1. The third-order valence-electron chi connectivity index (χ3n) is 5.32. The minimum absolute atomic E-state index is 0.0460. The number of fused-ring (bicyclic) bond motifs is 1. The molecule has 1 amide bonds. The molecule has 0 heterocycles. The van der Waals surface area contributed by atoms with Crippen LogP contribution in [0.4, 0.5) is 0 Å². The molecule has 1 unspecified atom stereocenters. The standard InChI is InChI=1S/C24H27N3O2/c1-17(19-12-11-18-7-3-4-8-20(18)13-19)27-24(28)22(14-25)16-26-15-21-9-5-6-10-23(21)29-2/h5-6,9-13,16-17,26H,3-4,7-8,15H2,1-2H3,(H,27,28)/b22-16-. The van der Waals surface area contributed by atoms with Gasteiger partial charge in [0.25, 0.3) is 5.91 Å². The van der Waals surface area contributed by atoms with Gasteiger partial charge in [0, 0.05) is 18.3 Å². The molecule has 0 bridgehead atoms. The van der Waals surface area contributed by atoms with Crippen molar-refractivity contribution in [2.75, 3.05) is 7.11 Å². The highest BCUT2D eigenvalue weighted by Gasteiger charge is 2.16. The molecule has 2 N–H and O–H groups in total. The lowest BCUT2D eigenvalue weighted by Gasteiger charge is -2.20. The minimum Gasteiger partial charge on any atom is -0.496 e. The lowest BCUT2D eigenvalue weighted by molar-refractivity contribution is -0.117. The van der Waals surface area contributed by atoms with Crippen molar-refractivity contribution >= 4 is 5.91 Å². The quantitative estimate of drug-likeness (QED) is 0.555. The number of hydrogen-bond donors (Lipinski definition) is 2. The first-order valence-electron chi connectivity index (χ1n) is 10.0. The average molecular weight is 389 g/mol. The van der Waals surface area contributed by atoms with Crippen LogP contribution in [0.1, 0.15) is 48.1 Å². The van der Waals surface area contributed by atoms with Crippen molar-refractivity contribution in [2.24, 2.45) is 0 Å². The second kappa shape index (κ2) is 9.79. The molecular formula is C24H27N3O2. The van der Waals surface area contributed by atoms with Crippen LogP contribution in [0.3, 0.4) is 0 Å². The van der Waals surface area contributed by atoms with Gasteiger partial charge in [-0.1, -0.05) is 36.4 Å². The molecule has 5 heteroatoms. The molecule has 0 saturated carbocycles. The number of nitrogens with one attached hydrogen (secondary N) is 2. The van der Waals surface area contributed by atoms with Crippen molar-refractivity contribution in [2.45, 2.75) is 45.2 Å². The summed E-state index contributed by atoms with van der Waals surface area (Å²) in [7, 11) is 1.62. The lowest BCUT2D eigenvalue weighted by atomic mass is 9.89. The summed E-state index contributed by atoms with van der Waals surface area (Å²) in [5.74, 6) is 0.377. The number of amides is 1. The van der Waals surface area contributed by atoms with E-state index in [0.717, 1.165) is 29.7 Å². The number of hydrogen-bond acceptors (Lipinski definition) is 4. The molecule has 2 aromatic rings. The molecule has 0 fully saturated rings.